The lowest BCUT2D eigenvalue weighted by Gasteiger charge is -2.39. The normalized spacial score (nSPS) is 20.3. The van der Waals surface area contributed by atoms with Gasteiger partial charge in [0.15, 0.2) is 0 Å². The van der Waals surface area contributed by atoms with Crippen LogP contribution in [0, 0.1) is 10.8 Å². The topological polar surface area (TPSA) is 177 Å². The van der Waals surface area contributed by atoms with Gasteiger partial charge in [0.25, 0.3) is 5.91 Å². The minimum absolute atomic E-state index is 0.0402. The zero-order valence-electron chi connectivity index (χ0n) is 33.1. The SMILES string of the molecule is CN(c1ccccc1)C(O)[C@@H]1CC[C@@H]2C/C=C\C[C@H](NC(=O)c3cc4cc(C(F)(F)P(=O)(OCOC(=O)C(C)(C)C)OCOC(=O)C(C)(C)C)ccc4[nH]3)C(=O)N21. The molecule has 1 saturated heterocycles. The number of fused-ring (bicyclic) bond motifs is 2. The standard InChI is InChI=1S/C40H51F2N4O10P/c1-38(2,3)36(50)53-23-55-57(52,56-24-54-37(51)39(4,5)6)40(41,42)26-17-19-29-25(21-26)22-31(43-29)33(47)44-30-16-12-11-15-28-18-20-32(46(28)34(30)48)35(49)45(7)27-13-9-8-10-14-27/h8-14,17,19,21-22,28,30,32,35,43,49H,15-16,18,20,23-24H2,1-7H3,(H,44,47)/b12-11-/t28-,30-,32-,35?/m0/s1. The number of alkyl halides is 2. The fourth-order valence-electron chi connectivity index (χ4n) is 6.51. The van der Waals surface area contributed by atoms with Gasteiger partial charge in [-0.3, -0.25) is 32.8 Å². The zero-order chi connectivity index (χ0) is 41.9. The first-order chi connectivity index (χ1) is 26.6. The summed E-state index contributed by atoms with van der Waals surface area (Å²) < 4.78 is 66.0. The molecule has 57 heavy (non-hydrogen) atoms. The van der Waals surface area contributed by atoms with Crippen molar-refractivity contribution >= 4 is 47.9 Å². The number of rotatable bonds is 13. The second-order valence-corrected chi connectivity index (χ2v) is 18.3. The molecule has 3 aromatic rings. The smallest absolute Gasteiger partial charge is 0.410 e. The number of benzene rings is 2. The van der Waals surface area contributed by atoms with E-state index >= 15 is 8.78 Å². The number of hydrogen-bond donors (Lipinski definition) is 3. The molecule has 1 fully saturated rings. The fourth-order valence-corrected chi connectivity index (χ4v) is 7.74. The number of carbonyl (C=O) groups is 4. The molecule has 17 heteroatoms. The average Bonchev–Trinajstić information content (AvgIpc) is 3.78. The summed E-state index contributed by atoms with van der Waals surface area (Å²) in [6.07, 6.45) is 4.80. The molecule has 1 unspecified atom stereocenters. The Morgan fingerprint density at radius 3 is 2.12 bits per heavy atom. The van der Waals surface area contributed by atoms with Gasteiger partial charge in [0.1, 0.15) is 18.0 Å². The molecule has 2 aromatic carbocycles. The molecule has 2 amide bonds. The third-order valence-corrected chi connectivity index (χ3v) is 11.7. The zero-order valence-corrected chi connectivity index (χ0v) is 34.0. The average molecular weight is 817 g/mol. The highest BCUT2D eigenvalue weighted by molar-refractivity contribution is 7.54. The van der Waals surface area contributed by atoms with Gasteiger partial charge in [-0.25, -0.2) is 0 Å². The van der Waals surface area contributed by atoms with Crippen molar-refractivity contribution in [2.24, 2.45) is 10.8 Å². The van der Waals surface area contributed by atoms with E-state index in [0.29, 0.717) is 19.3 Å². The summed E-state index contributed by atoms with van der Waals surface area (Å²) in [5, 5.41) is 14.3. The van der Waals surface area contributed by atoms with Crippen molar-refractivity contribution < 1.29 is 56.2 Å². The lowest BCUT2D eigenvalue weighted by Crippen LogP contribution is -2.57. The molecule has 5 rings (SSSR count). The lowest BCUT2D eigenvalue weighted by molar-refractivity contribution is -0.163. The number of nitrogens with one attached hydrogen (secondary N) is 2. The number of halogens is 2. The summed E-state index contributed by atoms with van der Waals surface area (Å²) in [6.45, 7) is 6.84. The summed E-state index contributed by atoms with van der Waals surface area (Å²) >= 11 is 0. The second kappa shape index (κ2) is 17.1. The van der Waals surface area contributed by atoms with Crippen LogP contribution in [0.2, 0.25) is 0 Å². The Morgan fingerprint density at radius 1 is 0.930 bits per heavy atom. The van der Waals surface area contributed by atoms with Gasteiger partial charge in [-0.2, -0.15) is 8.78 Å². The van der Waals surface area contributed by atoms with Crippen molar-refractivity contribution in [2.75, 3.05) is 25.5 Å². The molecule has 14 nitrogen and oxygen atoms in total. The van der Waals surface area contributed by atoms with Crippen LogP contribution in [-0.2, 0) is 43.1 Å². The van der Waals surface area contributed by atoms with E-state index in [4.69, 9.17) is 18.5 Å². The van der Waals surface area contributed by atoms with Crippen molar-refractivity contribution in [2.45, 2.75) is 97.2 Å². The summed E-state index contributed by atoms with van der Waals surface area (Å²) in [5.74, 6) is -2.67. The van der Waals surface area contributed by atoms with Crippen LogP contribution in [-0.4, -0.2) is 83.7 Å². The Bertz CT molecular complexity index is 1990. The predicted molar refractivity (Wildman–Crippen MR) is 207 cm³/mol. The van der Waals surface area contributed by atoms with Crippen molar-refractivity contribution in [3.8, 4) is 0 Å². The Labute approximate surface area is 330 Å². The van der Waals surface area contributed by atoms with E-state index in [0.717, 1.165) is 17.8 Å². The number of nitrogens with zero attached hydrogens (tertiary/aromatic N) is 2. The Hall–Kier alpha value is -4.63. The van der Waals surface area contributed by atoms with E-state index in [2.05, 4.69) is 10.3 Å². The summed E-state index contributed by atoms with van der Waals surface area (Å²) in [6, 6.07) is 12.1. The van der Waals surface area contributed by atoms with Crippen molar-refractivity contribution in [1.82, 2.24) is 15.2 Å². The number of likely N-dealkylation sites (N-methyl/N-ethyl adjacent to an activating group) is 1. The third kappa shape index (κ3) is 9.74. The minimum atomic E-state index is -5.58. The van der Waals surface area contributed by atoms with Gasteiger partial charge in [0.05, 0.1) is 16.9 Å². The van der Waals surface area contributed by atoms with Crippen LogP contribution in [0.25, 0.3) is 10.9 Å². The largest absolute Gasteiger partial charge is 0.438 e. The van der Waals surface area contributed by atoms with E-state index in [1.807, 2.05) is 42.5 Å². The van der Waals surface area contributed by atoms with Gasteiger partial charge in [-0.1, -0.05) is 36.4 Å². The molecule has 2 aliphatic rings. The van der Waals surface area contributed by atoms with Gasteiger partial charge < -0.3 is 34.7 Å². The summed E-state index contributed by atoms with van der Waals surface area (Å²) in [5.41, 5.74) is -6.25. The van der Waals surface area contributed by atoms with Crippen LogP contribution in [0.15, 0.2) is 66.7 Å². The number of amides is 2. The second-order valence-electron chi connectivity index (χ2n) is 16.3. The molecule has 4 atom stereocenters. The maximum atomic E-state index is 16.2. The van der Waals surface area contributed by atoms with E-state index < -0.39 is 79.4 Å². The number of aliphatic hydroxyl groups excluding tert-OH is 1. The Morgan fingerprint density at radius 2 is 1.53 bits per heavy atom. The van der Waals surface area contributed by atoms with E-state index in [9.17, 15) is 28.8 Å². The van der Waals surface area contributed by atoms with Gasteiger partial charge in [-0.15, -0.1) is 0 Å². The van der Waals surface area contributed by atoms with Crippen molar-refractivity contribution in [1.29, 1.82) is 0 Å². The summed E-state index contributed by atoms with van der Waals surface area (Å²) in [7, 11) is -3.83. The fraction of sp³-hybridized carbons (Fsp3) is 0.500. The Balaban J connectivity index is 1.35. The van der Waals surface area contributed by atoms with E-state index in [1.54, 1.807) is 16.8 Å². The first-order valence-electron chi connectivity index (χ1n) is 18.6. The van der Waals surface area contributed by atoms with E-state index in [-0.39, 0.29) is 35.0 Å². The number of H-pyrrole nitrogens is 1. The highest BCUT2D eigenvalue weighted by Gasteiger charge is 2.56. The third-order valence-electron chi connectivity index (χ3n) is 9.86. The van der Waals surface area contributed by atoms with Crippen LogP contribution in [0.1, 0.15) is 83.3 Å². The molecule has 3 N–H and O–H groups in total. The molecule has 0 bridgehead atoms. The van der Waals surface area contributed by atoms with Crippen LogP contribution in [0.4, 0.5) is 14.5 Å². The molecule has 0 saturated carbocycles. The first kappa shape index (κ1) is 43.5. The van der Waals surface area contributed by atoms with Gasteiger partial charge in [-0.05, 0) is 97.6 Å². The number of para-hydroxylation sites is 1. The highest BCUT2D eigenvalue weighted by Crippen LogP contribution is 2.67. The summed E-state index contributed by atoms with van der Waals surface area (Å²) in [4.78, 5) is 58.6. The number of carbonyl (C=O) groups excluding carboxylic acids is 4. The molecule has 2 aliphatic heterocycles. The Kier molecular flexibility index (Phi) is 13.0. The highest BCUT2D eigenvalue weighted by atomic mass is 31.2. The molecule has 0 aliphatic carbocycles. The molecular formula is C40H51F2N4O10P. The van der Waals surface area contributed by atoms with Gasteiger partial charge in [0.2, 0.25) is 19.5 Å². The molecule has 3 heterocycles. The number of anilines is 1. The maximum Gasteiger partial charge on any atom is 0.410 e. The van der Waals surface area contributed by atoms with E-state index in [1.165, 1.54) is 53.7 Å². The maximum absolute atomic E-state index is 16.2. The molecular weight excluding hydrogens is 765 g/mol. The first-order valence-corrected chi connectivity index (χ1v) is 20.2. The number of aromatic nitrogens is 1. The van der Waals surface area contributed by atoms with Gasteiger partial charge >= 0.3 is 25.2 Å². The van der Waals surface area contributed by atoms with Crippen LogP contribution >= 0.6 is 7.60 Å². The molecule has 0 radical (unpaired) electrons. The number of hydrogen-bond acceptors (Lipinski definition) is 11. The van der Waals surface area contributed by atoms with Crippen molar-refractivity contribution in [3.63, 3.8) is 0 Å². The number of aliphatic hydroxyl groups is 1. The minimum Gasteiger partial charge on any atom is -0.438 e. The predicted octanol–water partition coefficient (Wildman–Crippen LogP) is 6.80. The molecule has 0 spiro atoms. The van der Waals surface area contributed by atoms with Crippen LogP contribution < -0.4 is 10.2 Å². The monoisotopic (exact) mass is 816 g/mol. The quantitative estimate of drug-likeness (QED) is 0.0716. The number of esters is 2. The van der Waals surface area contributed by atoms with Crippen LogP contribution in [0.5, 0.6) is 0 Å². The lowest BCUT2D eigenvalue weighted by atomic mass is 9.98. The molecule has 1 aromatic heterocycles. The molecule has 310 valence electrons. The van der Waals surface area contributed by atoms with Gasteiger partial charge in [0, 0.05) is 35.2 Å². The number of ether oxygens (including phenoxy) is 2. The van der Waals surface area contributed by atoms with Crippen LogP contribution in [0.3, 0.4) is 0 Å². The number of aromatic amines is 1. The van der Waals surface area contributed by atoms with Crippen molar-refractivity contribution in [3.05, 3.63) is 78.0 Å².